The largest absolute Gasteiger partial charge is 0.391 e. The minimum absolute atomic E-state index is 0.281. The first-order valence-electron chi connectivity index (χ1n) is 8.95. The number of nitrogens with one attached hydrogen (secondary N) is 1. The average Bonchev–Trinajstić information content (AvgIpc) is 2.70. The molecule has 0 aliphatic carbocycles. The highest BCUT2D eigenvalue weighted by atomic mass is 79.9. The summed E-state index contributed by atoms with van der Waals surface area (Å²) in [6.07, 6.45) is 0.367. The van der Waals surface area contributed by atoms with Gasteiger partial charge in [0.15, 0.2) is 0 Å². The Balaban J connectivity index is 1.75. The molecular weight excluding hydrogens is 416 g/mol. The molecule has 0 fully saturated rings. The fraction of sp³-hybridized carbons (Fsp3) is 0.130. The van der Waals surface area contributed by atoms with Gasteiger partial charge in [0.1, 0.15) is 12.3 Å². The Hall–Kier alpha value is -2.92. The fourth-order valence-electron chi connectivity index (χ4n) is 2.59. The van der Waals surface area contributed by atoms with Crippen molar-refractivity contribution >= 4 is 33.2 Å². The molecule has 1 amide bonds. The van der Waals surface area contributed by atoms with Gasteiger partial charge in [-0.3, -0.25) is 4.79 Å². The van der Waals surface area contributed by atoms with Crippen molar-refractivity contribution in [3.05, 3.63) is 100 Å². The molecular formula is C23H21BrN2O2. The number of halogens is 1. The van der Waals surface area contributed by atoms with Crippen LogP contribution in [0.15, 0.2) is 88.5 Å². The molecule has 1 N–H and O–H groups in total. The van der Waals surface area contributed by atoms with Crippen molar-refractivity contribution in [1.29, 1.82) is 0 Å². The highest BCUT2D eigenvalue weighted by Gasteiger charge is 2.14. The maximum absolute atomic E-state index is 12.8. The number of aryl methyl sites for hydroxylation is 1. The standard InChI is InChI=1S/C23H21BrN2O2/c1-17-10-12-21(13-11-17)25-23(27)22(15-19-8-5-9-20(24)14-19)26-28-16-18-6-3-2-4-7-18/h2-14H,15-16H2,1H3,(H,25,27)/b26-22+. The molecule has 0 aromatic heterocycles. The quantitative estimate of drug-likeness (QED) is 0.391. The monoisotopic (exact) mass is 436 g/mol. The number of oxime groups is 1. The molecule has 0 spiro atoms. The smallest absolute Gasteiger partial charge is 0.273 e. The van der Waals surface area contributed by atoms with Crippen molar-refractivity contribution < 1.29 is 9.63 Å². The van der Waals surface area contributed by atoms with E-state index < -0.39 is 0 Å². The lowest BCUT2D eigenvalue weighted by Gasteiger charge is -2.09. The predicted molar refractivity (Wildman–Crippen MR) is 116 cm³/mol. The lowest BCUT2D eigenvalue weighted by atomic mass is 10.1. The summed E-state index contributed by atoms with van der Waals surface area (Å²) in [5, 5.41) is 7.04. The van der Waals surface area contributed by atoms with Gasteiger partial charge in [-0.15, -0.1) is 0 Å². The summed E-state index contributed by atoms with van der Waals surface area (Å²) in [4.78, 5) is 18.3. The van der Waals surface area contributed by atoms with Crippen LogP contribution in [0.5, 0.6) is 0 Å². The number of amides is 1. The number of carbonyl (C=O) groups excluding carboxylic acids is 1. The second kappa shape index (κ2) is 9.85. The van der Waals surface area contributed by atoms with Crippen LogP contribution in [0.1, 0.15) is 16.7 Å². The number of hydrogen-bond acceptors (Lipinski definition) is 3. The molecule has 0 saturated carbocycles. The van der Waals surface area contributed by atoms with Gasteiger partial charge in [0.2, 0.25) is 0 Å². The lowest BCUT2D eigenvalue weighted by Crippen LogP contribution is -2.25. The molecule has 0 bridgehead atoms. The van der Waals surface area contributed by atoms with Crippen molar-refractivity contribution in [2.75, 3.05) is 5.32 Å². The van der Waals surface area contributed by atoms with Gasteiger partial charge in [0.25, 0.3) is 5.91 Å². The zero-order valence-electron chi connectivity index (χ0n) is 15.6. The summed E-state index contributed by atoms with van der Waals surface area (Å²) < 4.78 is 0.952. The summed E-state index contributed by atoms with van der Waals surface area (Å²) in [5.41, 5.74) is 4.13. The predicted octanol–water partition coefficient (Wildman–Crippen LogP) is 5.51. The van der Waals surface area contributed by atoms with Crippen molar-refractivity contribution in [2.45, 2.75) is 20.0 Å². The van der Waals surface area contributed by atoms with Crippen LogP contribution in [0.3, 0.4) is 0 Å². The van der Waals surface area contributed by atoms with Crippen molar-refractivity contribution in [2.24, 2.45) is 5.16 Å². The Kier molecular flexibility index (Phi) is 6.98. The van der Waals surface area contributed by atoms with Crippen LogP contribution in [0.4, 0.5) is 5.69 Å². The minimum atomic E-state index is -0.281. The molecule has 0 radical (unpaired) electrons. The number of benzene rings is 3. The molecule has 0 heterocycles. The van der Waals surface area contributed by atoms with Crippen LogP contribution in [0.25, 0.3) is 0 Å². The fourth-order valence-corrected chi connectivity index (χ4v) is 3.04. The number of carbonyl (C=O) groups is 1. The molecule has 5 heteroatoms. The normalized spacial score (nSPS) is 11.1. The molecule has 3 aromatic rings. The van der Waals surface area contributed by atoms with Gasteiger partial charge >= 0.3 is 0 Å². The van der Waals surface area contributed by atoms with Crippen LogP contribution in [0, 0.1) is 6.92 Å². The summed E-state index contributed by atoms with van der Waals surface area (Å²) in [5.74, 6) is -0.281. The van der Waals surface area contributed by atoms with Crippen LogP contribution < -0.4 is 5.32 Å². The van der Waals surface area contributed by atoms with Gasteiger partial charge in [-0.2, -0.15) is 0 Å². The molecule has 0 saturated heterocycles. The molecule has 0 aliphatic heterocycles. The van der Waals surface area contributed by atoms with Crippen LogP contribution >= 0.6 is 15.9 Å². The van der Waals surface area contributed by atoms with Gasteiger partial charge in [0.05, 0.1) is 0 Å². The first-order chi connectivity index (χ1) is 13.6. The highest BCUT2D eigenvalue weighted by Crippen LogP contribution is 2.14. The van der Waals surface area contributed by atoms with E-state index in [-0.39, 0.29) is 5.91 Å². The molecule has 3 rings (SSSR count). The van der Waals surface area contributed by atoms with E-state index in [2.05, 4.69) is 26.4 Å². The van der Waals surface area contributed by atoms with E-state index in [4.69, 9.17) is 4.84 Å². The summed E-state index contributed by atoms with van der Waals surface area (Å²) >= 11 is 3.46. The molecule has 0 atom stereocenters. The Morgan fingerprint density at radius 2 is 1.68 bits per heavy atom. The Morgan fingerprint density at radius 3 is 2.39 bits per heavy atom. The third kappa shape index (κ3) is 6.06. The Bertz CT molecular complexity index is 954. The zero-order valence-corrected chi connectivity index (χ0v) is 17.1. The maximum Gasteiger partial charge on any atom is 0.273 e. The van der Waals surface area contributed by atoms with E-state index in [1.165, 1.54) is 0 Å². The topological polar surface area (TPSA) is 50.7 Å². The second-order valence-corrected chi connectivity index (χ2v) is 7.34. The first kappa shape index (κ1) is 19.8. The minimum Gasteiger partial charge on any atom is -0.391 e. The number of rotatable bonds is 7. The van der Waals surface area contributed by atoms with Crippen LogP contribution in [-0.4, -0.2) is 11.6 Å². The number of hydrogen-bond donors (Lipinski definition) is 1. The third-order valence-corrected chi connectivity index (χ3v) is 4.57. The van der Waals surface area contributed by atoms with E-state index in [0.717, 1.165) is 26.9 Å². The lowest BCUT2D eigenvalue weighted by molar-refractivity contribution is -0.110. The van der Waals surface area contributed by atoms with Crippen LogP contribution in [-0.2, 0) is 22.7 Å². The summed E-state index contributed by atoms with van der Waals surface area (Å²) in [7, 11) is 0. The van der Waals surface area contributed by atoms with Gasteiger partial charge in [-0.05, 0) is 42.3 Å². The highest BCUT2D eigenvalue weighted by molar-refractivity contribution is 9.10. The summed E-state index contributed by atoms with van der Waals surface area (Å²) in [6, 6.07) is 25.2. The Labute approximate surface area is 173 Å². The molecule has 28 heavy (non-hydrogen) atoms. The van der Waals surface area contributed by atoms with Crippen LogP contribution in [0.2, 0.25) is 0 Å². The van der Waals surface area contributed by atoms with E-state index in [1.54, 1.807) is 0 Å². The second-order valence-electron chi connectivity index (χ2n) is 6.42. The maximum atomic E-state index is 12.8. The van der Waals surface area contributed by atoms with E-state index in [9.17, 15) is 4.79 Å². The first-order valence-corrected chi connectivity index (χ1v) is 9.75. The zero-order chi connectivity index (χ0) is 19.8. The molecule has 4 nitrogen and oxygen atoms in total. The SMILES string of the molecule is Cc1ccc(NC(=O)/C(Cc2cccc(Br)c2)=N/OCc2ccccc2)cc1. The van der Waals surface area contributed by atoms with Gasteiger partial charge in [-0.1, -0.05) is 81.2 Å². The van der Waals surface area contributed by atoms with Crippen molar-refractivity contribution in [1.82, 2.24) is 0 Å². The van der Waals surface area contributed by atoms with Gasteiger partial charge < -0.3 is 10.2 Å². The third-order valence-electron chi connectivity index (χ3n) is 4.08. The van der Waals surface area contributed by atoms with E-state index >= 15 is 0 Å². The van der Waals surface area contributed by atoms with Gasteiger partial charge in [-0.25, -0.2) is 0 Å². The average molecular weight is 437 g/mol. The number of nitrogens with zero attached hydrogens (tertiary/aromatic N) is 1. The van der Waals surface area contributed by atoms with Crippen molar-refractivity contribution in [3.8, 4) is 0 Å². The van der Waals surface area contributed by atoms with E-state index in [1.807, 2.05) is 85.8 Å². The number of anilines is 1. The van der Waals surface area contributed by atoms with Gasteiger partial charge in [0, 0.05) is 16.6 Å². The summed E-state index contributed by atoms with van der Waals surface area (Å²) in [6.45, 7) is 2.31. The molecule has 3 aromatic carbocycles. The molecule has 0 aliphatic rings. The molecule has 142 valence electrons. The molecule has 0 unspecified atom stereocenters. The van der Waals surface area contributed by atoms with E-state index in [0.29, 0.717) is 18.7 Å². The Morgan fingerprint density at radius 1 is 0.964 bits per heavy atom. The van der Waals surface area contributed by atoms with Crippen molar-refractivity contribution in [3.63, 3.8) is 0 Å².